The van der Waals surface area contributed by atoms with Gasteiger partial charge in [0, 0.05) is 0 Å². The Balaban J connectivity index is 2.95. The zero-order chi connectivity index (χ0) is 11.3. The van der Waals surface area contributed by atoms with E-state index in [1.54, 1.807) is 19.1 Å². The number of carboxylic acids is 1. The van der Waals surface area contributed by atoms with E-state index < -0.39 is 5.97 Å². The van der Waals surface area contributed by atoms with Crippen molar-refractivity contribution in [3.63, 3.8) is 0 Å². The average molecular weight is 204 g/mol. The van der Waals surface area contributed by atoms with Gasteiger partial charge in [0.05, 0.1) is 0 Å². The molecule has 1 aromatic rings. The van der Waals surface area contributed by atoms with Crippen molar-refractivity contribution in [1.29, 1.82) is 0 Å². The minimum atomic E-state index is -0.991. The van der Waals surface area contributed by atoms with Crippen LogP contribution in [0.3, 0.4) is 0 Å². The van der Waals surface area contributed by atoms with Gasteiger partial charge in [-0.05, 0) is 31.5 Å². The number of aromatic carboxylic acids is 1. The summed E-state index contributed by atoms with van der Waals surface area (Å²) in [6.07, 6.45) is 0. The van der Waals surface area contributed by atoms with Gasteiger partial charge in [0.25, 0.3) is 0 Å². The van der Waals surface area contributed by atoms with Crippen LogP contribution in [0.5, 0.6) is 5.75 Å². The quantitative estimate of drug-likeness (QED) is 0.767. The second-order valence-electron chi connectivity index (χ2n) is 3.02. The van der Waals surface area contributed by atoms with Gasteiger partial charge in [-0.25, -0.2) is 4.79 Å². The monoisotopic (exact) mass is 204 g/mol. The van der Waals surface area contributed by atoms with E-state index in [0.29, 0.717) is 5.75 Å². The Morgan fingerprint density at radius 2 is 2.27 bits per heavy atom. The van der Waals surface area contributed by atoms with Gasteiger partial charge < -0.3 is 9.84 Å². The van der Waals surface area contributed by atoms with Gasteiger partial charge >= 0.3 is 5.97 Å². The van der Waals surface area contributed by atoms with Crippen molar-refractivity contribution in [2.24, 2.45) is 0 Å². The molecular weight excluding hydrogens is 192 g/mol. The van der Waals surface area contributed by atoms with Crippen molar-refractivity contribution in [3.8, 4) is 17.6 Å². The minimum absolute atomic E-state index is 0.165. The summed E-state index contributed by atoms with van der Waals surface area (Å²) in [5.74, 6) is 4.77. The summed E-state index contributed by atoms with van der Waals surface area (Å²) < 4.78 is 5.27. The summed E-state index contributed by atoms with van der Waals surface area (Å²) in [7, 11) is 0. The standard InChI is InChI=1S/C12H12O3/c1-3-4-7-15-11-8-9(2)5-6-10(11)12(13)14/h5-6,8H,7H2,1-2H3,(H,13,14). The maximum absolute atomic E-state index is 10.8. The fourth-order valence-corrected chi connectivity index (χ4v) is 1.11. The topological polar surface area (TPSA) is 46.5 Å². The summed E-state index contributed by atoms with van der Waals surface area (Å²) in [4.78, 5) is 10.8. The van der Waals surface area contributed by atoms with Crippen LogP contribution in [0.15, 0.2) is 18.2 Å². The highest BCUT2D eigenvalue weighted by atomic mass is 16.5. The normalized spacial score (nSPS) is 8.93. The number of hydrogen-bond acceptors (Lipinski definition) is 2. The Hall–Kier alpha value is -1.95. The van der Waals surface area contributed by atoms with E-state index in [9.17, 15) is 4.79 Å². The van der Waals surface area contributed by atoms with Crippen molar-refractivity contribution in [1.82, 2.24) is 0 Å². The lowest BCUT2D eigenvalue weighted by Crippen LogP contribution is -2.03. The molecule has 0 bridgehead atoms. The van der Waals surface area contributed by atoms with Crippen LogP contribution in [0.4, 0.5) is 0 Å². The van der Waals surface area contributed by atoms with Crippen molar-refractivity contribution >= 4 is 5.97 Å². The molecule has 0 aliphatic heterocycles. The molecule has 0 aliphatic rings. The number of benzene rings is 1. The number of hydrogen-bond donors (Lipinski definition) is 1. The molecule has 0 spiro atoms. The molecule has 78 valence electrons. The second-order valence-corrected chi connectivity index (χ2v) is 3.02. The number of rotatable bonds is 3. The molecule has 3 heteroatoms. The molecule has 0 saturated carbocycles. The number of ether oxygens (including phenoxy) is 1. The average Bonchev–Trinajstić information content (AvgIpc) is 2.18. The molecule has 0 aliphatic carbocycles. The summed E-state index contributed by atoms with van der Waals surface area (Å²) in [5.41, 5.74) is 1.12. The van der Waals surface area contributed by atoms with Crippen molar-refractivity contribution in [2.45, 2.75) is 13.8 Å². The lowest BCUT2D eigenvalue weighted by molar-refractivity contribution is 0.0693. The molecule has 0 saturated heterocycles. The van der Waals surface area contributed by atoms with Crippen molar-refractivity contribution in [3.05, 3.63) is 29.3 Å². The first kappa shape index (κ1) is 11.1. The predicted molar refractivity (Wildman–Crippen MR) is 57.1 cm³/mol. The third-order valence-corrected chi connectivity index (χ3v) is 1.84. The van der Waals surface area contributed by atoms with Gasteiger partial charge in [0.2, 0.25) is 0 Å². The summed E-state index contributed by atoms with van der Waals surface area (Å²) in [5, 5.41) is 8.90. The second kappa shape index (κ2) is 5.06. The Kier molecular flexibility index (Phi) is 3.75. The van der Waals surface area contributed by atoms with Crippen LogP contribution in [-0.4, -0.2) is 17.7 Å². The molecule has 0 fully saturated rings. The predicted octanol–water partition coefficient (Wildman–Crippen LogP) is 2.10. The van der Waals surface area contributed by atoms with E-state index in [1.165, 1.54) is 6.07 Å². The zero-order valence-corrected chi connectivity index (χ0v) is 8.70. The fraction of sp³-hybridized carbons (Fsp3) is 0.250. The van der Waals surface area contributed by atoms with E-state index in [4.69, 9.17) is 9.84 Å². The van der Waals surface area contributed by atoms with Crippen LogP contribution in [0, 0.1) is 18.8 Å². The van der Waals surface area contributed by atoms with Crippen molar-refractivity contribution < 1.29 is 14.6 Å². The molecule has 1 rings (SSSR count). The SMILES string of the molecule is CC#CCOc1cc(C)ccc1C(=O)O. The van der Waals surface area contributed by atoms with Crippen molar-refractivity contribution in [2.75, 3.05) is 6.61 Å². The molecule has 0 heterocycles. The minimum Gasteiger partial charge on any atom is -0.480 e. The molecule has 0 radical (unpaired) electrons. The van der Waals surface area contributed by atoms with Gasteiger partial charge in [-0.15, -0.1) is 5.92 Å². The zero-order valence-electron chi connectivity index (χ0n) is 8.70. The highest BCUT2D eigenvalue weighted by Crippen LogP contribution is 2.20. The van der Waals surface area contributed by atoms with E-state index in [0.717, 1.165) is 5.56 Å². The Labute approximate surface area is 88.7 Å². The molecule has 0 aromatic heterocycles. The van der Waals surface area contributed by atoms with Gasteiger partial charge in [-0.3, -0.25) is 0 Å². The summed E-state index contributed by atoms with van der Waals surface area (Å²) >= 11 is 0. The summed E-state index contributed by atoms with van der Waals surface area (Å²) in [6.45, 7) is 3.79. The molecule has 0 amide bonds. The van der Waals surface area contributed by atoms with E-state index in [2.05, 4.69) is 11.8 Å². The number of aryl methyl sites for hydroxylation is 1. The Morgan fingerprint density at radius 1 is 1.53 bits per heavy atom. The number of carboxylic acid groups (broad SMARTS) is 1. The Morgan fingerprint density at radius 3 is 2.87 bits per heavy atom. The molecule has 1 aromatic carbocycles. The third kappa shape index (κ3) is 3.03. The lowest BCUT2D eigenvalue weighted by atomic mass is 10.1. The van der Waals surface area contributed by atoms with Gasteiger partial charge in [0.15, 0.2) is 0 Å². The fourth-order valence-electron chi connectivity index (χ4n) is 1.11. The van der Waals surface area contributed by atoms with Crippen LogP contribution in [-0.2, 0) is 0 Å². The van der Waals surface area contributed by atoms with Gasteiger partial charge in [-0.2, -0.15) is 0 Å². The maximum Gasteiger partial charge on any atom is 0.339 e. The van der Waals surface area contributed by atoms with E-state index in [-0.39, 0.29) is 12.2 Å². The van der Waals surface area contributed by atoms with Crippen LogP contribution >= 0.6 is 0 Å². The molecule has 1 N–H and O–H groups in total. The van der Waals surface area contributed by atoms with Gasteiger partial charge in [-0.1, -0.05) is 12.0 Å². The van der Waals surface area contributed by atoms with Crippen LogP contribution < -0.4 is 4.74 Å². The van der Waals surface area contributed by atoms with Crippen LogP contribution in [0.25, 0.3) is 0 Å². The van der Waals surface area contributed by atoms with Crippen LogP contribution in [0.1, 0.15) is 22.8 Å². The maximum atomic E-state index is 10.8. The smallest absolute Gasteiger partial charge is 0.339 e. The first-order valence-electron chi connectivity index (χ1n) is 4.51. The largest absolute Gasteiger partial charge is 0.480 e. The van der Waals surface area contributed by atoms with Crippen LogP contribution in [0.2, 0.25) is 0 Å². The first-order valence-corrected chi connectivity index (χ1v) is 4.51. The number of carbonyl (C=O) groups is 1. The summed E-state index contributed by atoms with van der Waals surface area (Å²) in [6, 6.07) is 4.97. The van der Waals surface area contributed by atoms with E-state index in [1.807, 2.05) is 6.92 Å². The highest BCUT2D eigenvalue weighted by molar-refractivity contribution is 5.90. The Bertz CT molecular complexity index is 424. The highest BCUT2D eigenvalue weighted by Gasteiger charge is 2.10. The molecule has 3 nitrogen and oxygen atoms in total. The first-order chi connectivity index (χ1) is 7.15. The lowest BCUT2D eigenvalue weighted by Gasteiger charge is -2.06. The van der Waals surface area contributed by atoms with E-state index >= 15 is 0 Å². The van der Waals surface area contributed by atoms with Gasteiger partial charge in [0.1, 0.15) is 17.9 Å². The third-order valence-electron chi connectivity index (χ3n) is 1.84. The molecule has 0 atom stereocenters. The molecule has 0 unspecified atom stereocenters. The molecular formula is C12H12O3. The molecule has 15 heavy (non-hydrogen) atoms.